The number of tetrazole rings is 1. The average Bonchev–Trinajstić information content (AvgIpc) is 2.77. The highest BCUT2D eigenvalue weighted by atomic mass is 16.5. The van der Waals surface area contributed by atoms with Crippen molar-refractivity contribution in [3.05, 3.63) is 35.7 Å². The van der Waals surface area contributed by atoms with Gasteiger partial charge in [-0.05, 0) is 42.0 Å². The Balaban J connectivity index is 1.90. The minimum atomic E-state index is -0.182. The molecule has 6 nitrogen and oxygen atoms in total. The van der Waals surface area contributed by atoms with Crippen LogP contribution in [0.15, 0.2) is 24.3 Å². The summed E-state index contributed by atoms with van der Waals surface area (Å²) < 4.78 is 7.30. The van der Waals surface area contributed by atoms with Gasteiger partial charge in [0.2, 0.25) is 0 Å². The van der Waals surface area contributed by atoms with Gasteiger partial charge in [-0.15, -0.1) is 5.10 Å². The molecule has 96 valence electrons. The molecular formula is C12H17N5O. The Morgan fingerprint density at radius 1 is 1.44 bits per heavy atom. The van der Waals surface area contributed by atoms with Gasteiger partial charge in [-0.2, -0.15) is 0 Å². The topological polar surface area (TPSA) is 78.8 Å². The van der Waals surface area contributed by atoms with Gasteiger partial charge < -0.3 is 10.5 Å². The third-order valence-corrected chi connectivity index (χ3v) is 2.53. The van der Waals surface area contributed by atoms with Crippen LogP contribution in [-0.2, 0) is 6.54 Å². The van der Waals surface area contributed by atoms with Gasteiger partial charge in [-0.3, -0.25) is 0 Å². The van der Waals surface area contributed by atoms with Gasteiger partial charge in [-0.1, -0.05) is 12.1 Å². The molecule has 2 aromatic rings. The molecule has 0 aliphatic rings. The molecule has 1 unspecified atom stereocenters. The summed E-state index contributed by atoms with van der Waals surface area (Å²) in [7, 11) is 0. The summed E-state index contributed by atoms with van der Waals surface area (Å²) in [4.78, 5) is 0. The number of aryl methyl sites for hydroxylation is 1. The lowest BCUT2D eigenvalue weighted by molar-refractivity contribution is 0.286. The Hall–Kier alpha value is -1.95. The maximum Gasteiger partial charge on any atom is 0.167 e. The summed E-state index contributed by atoms with van der Waals surface area (Å²) >= 11 is 0. The van der Waals surface area contributed by atoms with Crippen LogP contribution in [0.25, 0.3) is 0 Å². The van der Waals surface area contributed by atoms with Crippen molar-refractivity contribution in [3.63, 3.8) is 0 Å². The standard InChI is InChI=1S/C12H17N5O/c1-9-4-3-5-11(8-9)18-7-6-17-12(10(2)13)14-15-16-17/h3-5,8,10H,6-7,13H2,1-2H3. The molecule has 1 aromatic carbocycles. The molecule has 1 atom stereocenters. The number of ether oxygens (including phenoxy) is 1. The van der Waals surface area contributed by atoms with Crippen LogP contribution in [0.4, 0.5) is 0 Å². The van der Waals surface area contributed by atoms with Gasteiger partial charge in [0.15, 0.2) is 5.82 Å². The Morgan fingerprint density at radius 2 is 2.28 bits per heavy atom. The highest BCUT2D eigenvalue weighted by Gasteiger charge is 2.09. The Labute approximate surface area is 106 Å². The van der Waals surface area contributed by atoms with Gasteiger partial charge in [0.25, 0.3) is 0 Å². The molecule has 2 rings (SSSR count). The zero-order valence-electron chi connectivity index (χ0n) is 10.6. The molecule has 0 fully saturated rings. The molecule has 1 aromatic heterocycles. The Bertz CT molecular complexity index is 509. The second-order valence-corrected chi connectivity index (χ2v) is 4.21. The second kappa shape index (κ2) is 5.59. The molecule has 18 heavy (non-hydrogen) atoms. The smallest absolute Gasteiger partial charge is 0.167 e. The van der Waals surface area contributed by atoms with E-state index in [0.29, 0.717) is 19.0 Å². The lowest BCUT2D eigenvalue weighted by Gasteiger charge is -2.09. The predicted molar refractivity (Wildman–Crippen MR) is 67.1 cm³/mol. The van der Waals surface area contributed by atoms with E-state index in [9.17, 15) is 0 Å². The van der Waals surface area contributed by atoms with Crippen LogP contribution in [0, 0.1) is 6.92 Å². The van der Waals surface area contributed by atoms with E-state index >= 15 is 0 Å². The van der Waals surface area contributed by atoms with Gasteiger partial charge in [-0.25, -0.2) is 4.68 Å². The fraction of sp³-hybridized carbons (Fsp3) is 0.417. The molecule has 2 N–H and O–H groups in total. The van der Waals surface area contributed by atoms with Gasteiger partial charge in [0, 0.05) is 0 Å². The van der Waals surface area contributed by atoms with E-state index in [1.807, 2.05) is 38.1 Å². The number of aromatic nitrogens is 4. The van der Waals surface area contributed by atoms with Crippen molar-refractivity contribution >= 4 is 0 Å². The lowest BCUT2D eigenvalue weighted by atomic mass is 10.2. The fourth-order valence-electron chi connectivity index (χ4n) is 1.65. The number of nitrogens with two attached hydrogens (primary N) is 1. The highest BCUT2D eigenvalue weighted by Crippen LogP contribution is 2.12. The third kappa shape index (κ3) is 3.04. The van der Waals surface area contributed by atoms with E-state index in [-0.39, 0.29) is 6.04 Å². The maximum atomic E-state index is 5.76. The van der Waals surface area contributed by atoms with Crippen LogP contribution in [0.5, 0.6) is 5.75 Å². The van der Waals surface area contributed by atoms with Crippen LogP contribution in [0.1, 0.15) is 24.4 Å². The second-order valence-electron chi connectivity index (χ2n) is 4.21. The van der Waals surface area contributed by atoms with E-state index in [2.05, 4.69) is 15.5 Å². The van der Waals surface area contributed by atoms with Crippen molar-refractivity contribution < 1.29 is 4.74 Å². The first-order valence-corrected chi connectivity index (χ1v) is 5.88. The molecule has 0 saturated heterocycles. The zero-order valence-corrected chi connectivity index (χ0v) is 10.6. The molecule has 0 aliphatic carbocycles. The quantitative estimate of drug-likeness (QED) is 0.855. The van der Waals surface area contributed by atoms with Crippen molar-refractivity contribution in [2.24, 2.45) is 5.73 Å². The fourth-order valence-corrected chi connectivity index (χ4v) is 1.65. The van der Waals surface area contributed by atoms with Crippen molar-refractivity contribution in [1.29, 1.82) is 0 Å². The van der Waals surface area contributed by atoms with Crippen molar-refractivity contribution in [2.75, 3.05) is 6.61 Å². The van der Waals surface area contributed by atoms with Crippen molar-refractivity contribution in [1.82, 2.24) is 20.2 Å². The molecule has 0 bridgehead atoms. The van der Waals surface area contributed by atoms with Gasteiger partial charge >= 0.3 is 0 Å². The molecule has 1 heterocycles. The first-order chi connectivity index (χ1) is 8.66. The monoisotopic (exact) mass is 247 g/mol. The first kappa shape index (κ1) is 12.5. The molecule has 0 saturated carbocycles. The zero-order chi connectivity index (χ0) is 13.0. The predicted octanol–water partition coefficient (Wildman–Crippen LogP) is 1.08. The normalized spacial score (nSPS) is 12.4. The summed E-state index contributed by atoms with van der Waals surface area (Å²) in [6, 6.07) is 7.74. The summed E-state index contributed by atoms with van der Waals surface area (Å²) in [6.45, 7) is 4.97. The highest BCUT2D eigenvalue weighted by molar-refractivity contribution is 5.27. The average molecular weight is 247 g/mol. The van der Waals surface area contributed by atoms with Crippen LogP contribution >= 0.6 is 0 Å². The van der Waals surface area contributed by atoms with Crippen LogP contribution in [0.2, 0.25) is 0 Å². The van der Waals surface area contributed by atoms with Gasteiger partial charge in [0.05, 0.1) is 12.6 Å². The largest absolute Gasteiger partial charge is 0.492 e. The van der Waals surface area contributed by atoms with Crippen LogP contribution in [0.3, 0.4) is 0 Å². The number of nitrogens with zero attached hydrogens (tertiary/aromatic N) is 4. The third-order valence-electron chi connectivity index (χ3n) is 2.53. The summed E-state index contributed by atoms with van der Waals surface area (Å²) in [5.74, 6) is 1.52. The summed E-state index contributed by atoms with van der Waals surface area (Å²) in [5.41, 5.74) is 6.93. The number of hydrogen-bond acceptors (Lipinski definition) is 5. The van der Waals surface area contributed by atoms with Crippen molar-refractivity contribution in [2.45, 2.75) is 26.4 Å². The Kier molecular flexibility index (Phi) is 3.88. The van der Waals surface area contributed by atoms with E-state index in [1.54, 1.807) is 4.68 Å². The molecule has 0 amide bonds. The summed E-state index contributed by atoms with van der Waals surface area (Å²) in [5, 5.41) is 11.4. The van der Waals surface area contributed by atoms with E-state index < -0.39 is 0 Å². The minimum absolute atomic E-state index is 0.182. The maximum absolute atomic E-state index is 5.76. The van der Waals surface area contributed by atoms with E-state index in [4.69, 9.17) is 10.5 Å². The Morgan fingerprint density at radius 3 is 3.00 bits per heavy atom. The van der Waals surface area contributed by atoms with Gasteiger partial charge in [0.1, 0.15) is 12.4 Å². The summed E-state index contributed by atoms with van der Waals surface area (Å²) in [6.07, 6.45) is 0. The van der Waals surface area contributed by atoms with Crippen LogP contribution in [-0.4, -0.2) is 26.8 Å². The molecule has 6 heteroatoms. The number of hydrogen-bond donors (Lipinski definition) is 1. The molecule has 0 spiro atoms. The molecule has 0 aliphatic heterocycles. The van der Waals surface area contributed by atoms with Crippen molar-refractivity contribution in [3.8, 4) is 5.75 Å². The number of benzene rings is 1. The SMILES string of the molecule is Cc1cccc(OCCn2nnnc2C(C)N)c1. The van der Waals surface area contributed by atoms with E-state index in [1.165, 1.54) is 5.56 Å². The van der Waals surface area contributed by atoms with Crippen LogP contribution < -0.4 is 10.5 Å². The molecule has 0 radical (unpaired) electrons. The lowest BCUT2D eigenvalue weighted by Crippen LogP contribution is -2.17. The molecular weight excluding hydrogens is 230 g/mol. The minimum Gasteiger partial charge on any atom is -0.492 e. The van der Waals surface area contributed by atoms with E-state index in [0.717, 1.165) is 5.75 Å². The number of rotatable bonds is 5. The first-order valence-electron chi connectivity index (χ1n) is 5.88.